The van der Waals surface area contributed by atoms with Gasteiger partial charge in [0.2, 0.25) is 0 Å². The fourth-order valence-electron chi connectivity index (χ4n) is 1.27. The van der Waals surface area contributed by atoms with Crippen molar-refractivity contribution in [2.45, 2.75) is 13.0 Å². The maximum absolute atomic E-state index is 11.8. The molecule has 92 valence electrons. The van der Waals surface area contributed by atoms with Crippen molar-refractivity contribution in [3.63, 3.8) is 0 Å². The lowest BCUT2D eigenvalue weighted by Gasteiger charge is -2.13. The Bertz CT molecular complexity index is 447. The second-order valence-corrected chi connectivity index (χ2v) is 4.31. The molecule has 0 aliphatic carbocycles. The fraction of sp³-hybridized carbons (Fsp3) is 0.273. The first-order valence-corrected chi connectivity index (χ1v) is 5.66. The average molecular weight is 302 g/mol. The molecule has 1 aromatic rings. The number of carboxylic acids is 1. The third-order valence-corrected chi connectivity index (χ3v) is 3.16. The van der Waals surface area contributed by atoms with E-state index < -0.39 is 24.5 Å². The van der Waals surface area contributed by atoms with E-state index >= 15 is 0 Å². The zero-order chi connectivity index (χ0) is 13.0. The number of aliphatic hydroxyl groups is 1. The van der Waals surface area contributed by atoms with Gasteiger partial charge in [0, 0.05) is 10.0 Å². The summed E-state index contributed by atoms with van der Waals surface area (Å²) in [6, 6.07) is 3.76. The minimum atomic E-state index is -1.29. The lowest BCUT2D eigenvalue weighted by molar-refractivity contribution is -0.140. The van der Waals surface area contributed by atoms with Gasteiger partial charge in [-0.3, -0.25) is 4.79 Å². The van der Waals surface area contributed by atoms with Crippen molar-refractivity contribution in [1.29, 1.82) is 0 Å². The second-order valence-electron chi connectivity index (χ2n) is 3.46. The predicted octanol–water partition coefficient (Wildman–Crippen LogP) is 0.933. The average Bonchev–Trinajstić information content (AvgIpc) is 2.28. The molecule has 0 radical (unpaired) electrons. The molecule has 0 saturated heterocycles. The number of nitrogens with one attached hydrogen (secondary N) is 1. The van der Waals surface area contributed by atoms with Crippen LogP contribution in [0.1, 0.15) is 15.9 Å². The van der Waals surface area contributed by atoms with Gasteiger partial charge in [0.05, 0.1) is 6.61 Å². The summed E-state index contributed by atoms with van der Waals surface area (Å²) < 4.78 is 0.765. The van der Waals surface area contributed by atoms with Crippen molar-refractivity contribution >= 4 is 27.8 Å². The van der Waals surface area contributed by atoms with Crippen LogP contribution in [0.4, 0.5) is 0 Å². The van der Waals surface area contributed by atoms with E-state index in [-0.39, 0.29) is 0 Å². The van der Waals surface area contributed by atoms with Gasteiger partial charge in [-0.1, -0.05) is 22.0 Å². The number of aliphatic hydroxyl groups excluding tert-OH is 1. The lowest BCUT2D eigenvalue weighted by Crippen LogP contribution is -2.43. The molecule has 0 saturated carbocycles. The molecule has 0 fully saturated rings. The van der Waals surface area contributed by atoms with Crippen molar-refractivity contribution in [3.8, 4) is 0 Å². The summed E-state index contributed by atoms with van der Waals surface area (Å²) in [4.78, 5) is 22.5. The van der Waals surface area contributed by atoms with Gasteiger partial charge in [-0.15, -0.1) is 0 Å². The first-order chi connectivity index (χ1) is 7.97. The van der Waals surface area contributed by atoms with Crippen LogP contribution >= 0.6 is 15.9 Å². The summed E-state index contributed by atoms with van der Waals surface area (Å²) in [5.74, 6) is -1.79. The zero-order valence-corrected chi connectivity index (χ0v) is 10.7. The number of hydrogen-bond acceptors (Lipinski definition) is 3. The maximum Gasteiger partial charge on any atom is 0.328 e. The van der Waals surface area contributed by atoms with Gasteiger partial charge >= 0.3 is 5.97 Å². The summed E-state index contributed by atoms with van der Waals surface area (Å²) in [6.07, 6.45) is 0. The molecular weight excluding hydrogens is 290 g/mol. The molecule has 1 rings (SSSR count). The van der Waals surface area contributed by atoms with Gasteiger partial charge in [0.15, 0.2) is 6.04 Å². The van der Waals surface area contributed by atoms with E-state index in [0.717, 1.165) is 4.47 Å². The Morgan fingerprint density at radius 1 is 1.47 bits per heavy atom. The van der Waals surface area contributed by atoms with E-state index in [4.69, 9.17) is 10.2 Å². The van der Waals surface area contributed by atoms with Crippen LogP contribution in [0.2, 0.25) is 0 Å². The van der Waals surface area contributed by atoms with Gasteiger partial charge in [0.1, 0.15) is 0 Å². The van der Waals surface area contributed by atoms with Gasteiger partial charge in [-0.2, -0.15) is 0 Å². The van der Waals surface area contributed by atoms with Crippen LogP contribution in [-0.2, 0) is 4.79 Å². The number of carbonyl (C=O) groups excluding carboxylic acids is 1. The van der Waals surface area contributed by atoms with E-state index in [9.17, 15) is 9.59 Å². The van der Waals surface area contributed by atoms with Gasteiger partial charge in [-0.05, 0) is 24.6 Å². The number of carboxylic acid groups (broad SMARTS) is 1. The fourth-order valence-corrected chi connectivity index (χ4v) is 1.64. The first-order valence-electron chi connectivity index (χ1n) is 4.87. The Morgan fingerprint density at radius 3 is 2.65 bits per heavy atom. The molecule has 17 heavy (non-hydrogen) atoms. The number of halogens is 1. The van der Waals surface area contributed by atoms with E-state index in [0.29, 0.717) is 11.1 Å². The zero-order valence-electron chi connectivity index (χ0n) is 9.11. The Kier molecular flexibility index (Phi) is 4.65. The highest BCUT2D eigenvalue weighted by Crippen LogP contribution is 2.19. The smallest absolute Gasteiger partial charge is 0.328 e. The number of rotatable bonds is 4. The molecule has 0 aliphatic rings. The highest BCUT2D eigenvalue weighted by atomic mass is 79.9. The van der Waals surface area contributed by atoms with Crippen LogP contribution in [0, 0.1) is 6.92 Å². The highest BCUT2D eigenvalue weighted by Gasteiger charge is 2.20. The molecule has 0 bridgehead atoms. The Labute approximate surface area is 107 Å². The summed E-state index contributed by atoms with van der Waals surface area (Å²) in [7, 11) is 0. The van der Waals surface area contributed by atoms with Crippen LogP contribution < -0.4 is 5.32 Å². The Hall–Kier alpha value is -1.40. The third-order valence-electron chi connectivity index (χ3n) is 2.30. The standard InChI is InChI=1S/C11H12BrNO4/c1-6-7(3-2-4-8(6)12)10(15)13-9(5-14)11(16)17/h2-4,9,14H,5H2,1H3,(H,13,15)(H,16,17). The number of aliphatic carboxylic acids is 1. The molecule has 0 aliphatic heterocycles. The Morgan fingerprint density at radius 2 is 2.12 bits per heavy atom. The van der Waals surface area contributed by atoms with Gasteiger partial charge in [-0.25, -0.2) is 4.79 Å². The SMILES string of the molecule is Cc1c(Br)cccc1C(=O)NC(CO)C(=O)O. The predicted molar refractivity (Wildman–Crippen MR) is 64.9 cm³/mol. The molecule has 6 heteroatoms. The summed E-state index contributed by atoms with van der Waals surface area (Å²) >= 11 is 3.28. The molecular formula is C11H12BrNO4. The van der Waals surface area contributed by atoms with Crippen LogP contribution in [-0.4, -0.2) is 34.7 Å². The molecule has 1 aromatic carbocycles. The van der Waals surface area contributed by atoms with E-state index in [2.05, 4.69) is 21.2 Å². The monoisotopic (exact) mass is 301 g/mol. The van der Waals surface area contributed by atoms with Crippen LogP contribution in [0.5, 0.6) is 0 Å². The molecule has 1 atom stereocenters. The maximum atomic E-state index is 11.8. The summed E-state index contributed by atoms with van der Waals surface area (Å²) in [6.45, 7) is 1.10. The van der Waals surface area contributed by atoms with E-state index in [1.165, 1.54) is 0 Å². The summed E-state index contributed by atoms with van der Waals surface area (Å²) in [5, 5.41) is 19.8. The molecule has 1 unspecified atom stereocenters. The quantitative estimate of drug-likeness (QED) is 0.772. The highest BCUT2D eigenvalue weighted by molar-refractivity contribution is 9.10. The van der Waals surface area contributed by atoms with Crippen LogP contribution in [0.15, 0.2) is 22.7 Å². The molecule has 3 N–H and O–H groups in total. The largest absolute Gasteiger partial charge is 0.480 e. The van der Waals surface area contributed by atoms with Crippen molar-refractivity contribution in [3.05, 3.63) is 33.8 Å². The van der Waals surface area contributed by atoms with Gasteiger partial charge in [0.25, 0.3) is 5.91 Å². The van der Waals surface area contributed by atoms with Crippen molar-refractivity contribution in [2.24, 2.45) is 0 Å². The van der Waals surface area contributed by atoms with E-state index in [1.54, 1.807) is 25.1 Å². The third kappa shape index (κ3) is 3.28. The minimum Gasteiger partial charge on any atom is -0.480 e. The Balaban J connectivity index is 2.90. The van der Waals surface area contributed by atoms with Crippen molar-refractivity contribution in [1.82, 2.24) is 5.32 Å². The number of benzene rings is 1. The lowest BCUT2D eigenvalue weighted by atomic mass is 10.1. The number of hydrogen-bond donors (Lipinski definition) is 3. The van der Waals surface area contributed by atoms with Crippen molar-refractivity contribution in [2.75, 3.05) is 6.61 Å². The molecule has 0 heterocycles. The van der Waals surface area contributed by atoms with E-state index in [1.807, 2.05) is 0 Å². The molecule has 0 aromatic heterocycles. The molecule has 1 amide bonds. The minimum absolute atomic E-state index is 0.374. The molecule has 5 nitrogen and oxygen atoms in total. The normalized spacial score (nSPS) is 11.9. The summed E-state index contributed by atoms with van der Waals surface area (Å²) in [5.41, 5.74) is 1.09. The first kappa shape index (κ1) is 13.7. The topological polar surface area (TPSA) is 86.6 Å². The van der Waals surface area contributed by atoms with Crippen LogP contribution in [0.25, 0.3) is 0 Å². The number of amides is 1. The van der Waals surface area contributed by atoms with Crippen molar-refractivity contribution < 1.29 is 19.8 Å². The molecule has 0 spiro atoms. The van der Waals surface area contributed by atoms with Crippen LogP contribution in [0.3, 0.4) is 0 Å². The second kappa shape index (κ2) is 5.79. The van der Waals surface area contributed by atoms with Gasteiger partial charge < -0.3 is 15.5 Å². The number of carbonyl (C=O) groups is 2.